The minimum Gasteiger partial charge on any atom is -0.367 e. The van der Waals surface area contributed by atoms with Crippen LogP contribution in [0.3, 0.4) is 0 Å². The normalized spacial score (nSPS) is 11.7. The number of ketones is 1. The molecule has 0 aromatic carbocycles. The van der Waals surface area contributed by atoms with E-state index in [1.807, 2.05) is 0 Å². The first-order chi connectivity index (χ1) is 4.57. The van der Waals surface area contributed by atoms with Gasteiger partial charge in [0.05, 0.1) is 0 Å². The molecule has 0 radical (unpaired) electrons. The molecule has 56 valence electrons. The first-order valence-electron chi connectivity index (χ1n) is 2.48. The van der Waals surface area contributed by atoms with Gasteiger partial charge in [-0.05, 0) is 6.08 Å². The minimum absolute atomic E-state index is 0.696. The van der Waals surface area contributed by atoms with Crippen molar-refractivity contribution in [3.05, 3.63) is 12.7 Å². The molecule has 0 bridgehead atoms. The molecule has 0 aliphatic heterocycles. The van der Waals surface area contributed by atoms with Gasteiger partial charge in [0.25, 0.3) is 0 Å². The smallest absolute Gasteiger partial charge is 0.314 e. The van der Waals surface area contributed by atoms with Gasteiger partial charge in [-0.3, -0.25) is 4.79 Å². The summed E-state index contributed by atoms with van der Waals surface area (Å²) in [4.78, 5) is 20.4. The average molecular weight is 144 g/mol. The van der Waals surface area contributed by atoms with Crippen LogP contribution in [0.5, 0.6) is 0 Å². The van der Waals surface area contributed by atoms with E-state index in [1.54, 1.807) is 5.32 Å². The molecular formula is C5H8N2O3. The molecule has 0 heterocycles. The molecule has 4 N–H and O–H groups in total. The molecule has 0 aliphatic carbocycles. The van der Waals surface area contributed by atoms with E-state index in [-0.39, 0.29) is 0 Å². The first kappa shape index (κ1) is 8.64. The van der Waals surface area contributed by atoms with E-state index in [0.717, 1.165) is 6.08 Å². The van der Waals surface area contributed by atoms with Crippen LogP contribution < -0.4 is 11.1 Å². The van der Waals surface area contributed by atoms with E-state index < -0.39 is 18.0 Å². The van der Waals surface area contributed by atoms with E-state index in [9.17, 15) is 9.59 Å². The zero-order chi connectivity index (χ0) is 8.15. The Hall–Kier alpha value is -1.36. The number of carbonyl (C=O) groups is 2. The van der Waals surface area contributed by atoms with Crippen LogP contribution in [0.15, 0.2) is 12.7 Å². The van der Waals surface area contributed by atoms with Crippen molar-refractivity contribution in [3.8, 4) is 0 Å². The van der Waals surface area contributed by atoms with Crippen LogP contribution in [-0.2, 0) is 4.79 Å². The highest BCUT2D eigenvalue weighted by molar-refractivity contribution is 5.94. The lowest BCUT2D eigenvalue weighted by Gasteiger charge is -2.05. The number of primary amides is 1. The molecule has 1 atom stereocenters. The van der Waals surface area contributed by atoms with Gasteiger partial charge in [-0.25, -0.2) is 4.79 Å². The molecule has 1 unspecified atom stereocenters. The summed E-state index contributed by atoms with van der Waals surface area (Å²) in [7, 11) is 0. The number of aliphatic hydroxyl groups excluding tert-OH is 1. The molecule has 2 amide bonds. The molecule has 0 aromatic rings. The number of rotatable bonds is 3. The summed E-state index contributed by atoms with van der Waals surface area (Å²) < 4.78 is 0. The minimum atomic E-state index is -1.57. The number of urea groups is 1. The highest BCUT2D eigenvalue weighted by Gasteiger charge is 2.11. The number of amides is 2. The van der Waals surface area contributed by atoms with Crippen LogP contribution >= 0.6 is 0 Å². The Morgan fingerprint density at radius 2 is 2.20 bits per heavy atom. The lowest BCUT2D eigenvalue weighted by atomic mass is 10.3. The number of nitrogens with one attached hydrogen (secondary N) is 1. The largest absolute Gasteiger partial charge is 0.367 e. The molecule has 0 saturated heterocycles. The van der Waals surface area contributed by atoms with E-state index in [4.69, 9.17) is 5.11 Å². The van der Waals surface area contributed by atoms with Crippen molar-refractivity contribution in [3.63, 3.8) is 0 Å². The van der Waals surface area contributed by atoms with E-state index in [2.05, 4.69) is 12.3 Å². The molecule has 0 aliphatic rings. The van der Waals surface area contributed by atoms with Crippen LogP contribution in [-0.4, -0.2) is 23.1 Å². The van der Waals surface area contributed by atoms with E-state index in [0.29, 0.717) is 0 Å². The Morgan fingerprint density at radius 1 is 1.70 bits per heavy atom. The topological polar surface area (TPSA) is 92.4 Å². The molecule has 5 nitrogen and oxygen atoms in total. The summed E-state index contributed by atoms with van der Waals surface area (Å²) in [6.07, 6.45) is -0.685. The maximum Gasteiger partial charge on any atom is 0.314 e. The van der Waals surface area contributed by atoms with Gasteiger partial charge in [0.1, 0.15) is 0 Å². The fourth-order valence-corrected chi connectivity index (χ4v) is 0.318. The molecule has 5 heteroatoms. The third-order valence-corrected chi connectivity index (χ3v) is 0.750. The van der Waals surface area contributed by atoms with Gasteiger partial charge in [0.15, 0.2) is 6.23 Å². The third kappa shape index (κ3) is 2.83. The third-order valence-electron chi connectivity index (χ3n) is 0.750. The van der Waals surface area contributed by atoms with Crippen molar-refractivity contribution in [2.75, 3.05) is 0 Å². The van der Waals surface area contributed by atoms with Crippen molar-refractivity contribution in [2.45, 2.75) is 6.23 Å². The predicted octanol–water partition coefficient (Wildman–Crippen LogP) is -1.27. The molecule has 0 fully saturated rings. The SMILES string of the molecule is C=CC(=O)C(O)NC(N)=O. The standard InChI is InChI=1S/C5H8N2O3/c1-2-3(8)4(9)7-5(6)10/h2,4,9H,1H2,(H3,6,7,10). The van der Waals surface area contributed by atoms with E-state index in [1.165, 1.54) is 0 Å². The lowest BCUT2D eigenvalue weighted by Crippen LogP contribution is -2.42. The number of hydrogen-bond donors (Lipinski definition) is 3. The molecule has 0 rings (SSSR count). The molecule has 0 saturated carbocycles. The van der Waals surface area contributed by atoms with Crippen molar-refractivity contribution in [2.24, 2.45) is 5.73 Å². The van der Waals surface area contributed by atoms with Gasteiger partial charge in [-0.2, -0.15) is 0 Å². The second-order valence-electron chi connectivity index (χ2n) is 1.52. The Bertz CT molecular complexity index is 166. The maximum absolute atomic E-state index is 10.4. The van der Waals surface area contributed by atoms with Gasteiger partial charge in [0.2, 0.25) is 5.78 Å². The fraction of sp³-hybridized carbons (Fsp3) is 0.200. The van der Waals surface area contributed by atoms with Gasteiger partial charge < -0.3 is 16.2 Å². The predicted molar refractivity (Wildman–Crippen MR) is 33.9 cm³/mol. The van der Waals surface area contributed by atoms with Gasteiger partial charge in [0, 0.05) is 0 Å². The first-order valence-corrected chi connectivity index (χ1v) is 2.48. The Balaban J connectivity index is 3.84. The number of nitrogens with two attached hydrogens (primary N) is 1. The fourth-order valence-electron chi connectivity index (χ4n) is 0.318. The quantitative estimate of drug-likeness (QED) is 0.340. The average Bonchev–Trinajstić information content (AvgIpc) is 1.85. The maximum atomic E-state index is 10.4. The van der Waals surface area contributed by atoms with Gasteiger partial charge in [-0.15, -0.1) is 0 Å². The summed E-state index contributed by atoms with van der Waals surface area (Å²) in [5.41, 5.74) is 4.59. The van der Waals surface area contributed by atoms with Crippen LogP contribution in [0.25, 0.3) is 0 Å². The van der Waals surface area contributed by atoms with Gasteiger partial charge >= 0.3 is 6.03 Å². The molecular weight excluding hydrogens is 136 g/mol. The number of aliphatic hydroxyl groups is 1. The summed E-state index contributed by atoms with van der Waals surface area (Å²) in [5, 5.41) is 10.4. The highest BCUT2D eigenvalue weighted by atomic mass is 16.3. The van der Waals surface area contributed by atoms with Gasteiger partial charge in [-0.1, -0.05) is 6.58 Å². The van der Waals surface area contributed by atoms with Crippen molar-refractivity contribution in [1.29, 1.82) is 0 Å². The lowest BCUT2D eigenvalue weighted by molar-refractivity contribution is -0.123. The zero-order valence-corrected chi connectivity index (χ0v) is 5.20. The van der Waals surface area contributed by atoms with Crippen LogP contribution in [0.1, 0.15) is 0 Å². The van der Waals surface area contributed by atoms with Crippen molar-refractivity contribution >= 4 is 11.8 Å². The second-order valence-corrected chi connectivity index (χ2v) is 1.52. The van der Waals surface area contributed by atoms with Crippen molar-refractivity contribution < 1.29 is 14.7 Å². The Kier molecular flexibility index (Phi) is 3.13. The highest BCUT2D eigenvalue weighted by Crippen LogP contribution is 1.80. The summed E-state index contributed by atoms with van der Waals surface area (Å²) in [6.45, 7) is 3.09. The van der Waals surface area contributed by atoms with Crippen LogP contribution in [0, 0.1) is 0 Å². The second kappa shape index (κ2) is 3.62. The summed E-state index contributed by atoms with van der Waals surface area (Å²) in [6, 6.07) is -0.956. The number of hydrogen-bond acceptors (Lipinski definition) is 3. The Morgan fingerprint density at radius 3 is 2.50 bits per heavy atom. The Labute approximate surface area is 57.5 Å². The molecule has 0 aromatic heterocycles. The molecule has 0 spiro atoms. The monoisotopic (exact) mass is 144 g/mol. The summed E-state index contributed by atoms with van der Waals surface area (Å²) in [5.74, 6) is -0.696. The summed E-state index contributed by atoms with van der Waals surface area (Å²) >= 11 is 0. The number of carbonyl (C=O) groups excluding carboxylic acids is 2. The zero-order valence-electron chi connectivity index (χ0n) is 5.20. The van der Waals surface area contributed by atoms with E-state index >= 15 is 0 Å². The molecule has 10 heavy (non-hydrogen) atoms. The van der Waals surface area contributed by atoms with Crippen molar-refractivity contribution in [1.82, 2.24) is 5.32 Å². The van der Waals surface area contributed by atoms with Crippen LogP contribution in [0.4, 0.5) is 4.79 Å². The van der Waals surface area contributed by atoms with Crippen LogP contribution in [0.2, 0.25) is 0 Å².